The van der Waals surface area contributed by atoms with E-state index in [0.29, 0.717) is 34.7 Å². The Bertz CT molecular complexity index is 1290. The van der Waals surface area contributed by atoms with E-state index in [1.54, 1.807) is 15.5 Å². The standard InChI is InChI=1S/C27H27N3O3/c1-3-18-29(25(31)19-33-22-14-8-5-9-15-22)20(2)26-28-24-17-11-10-16-23(24)27(32)30(26)21-12-6-4-7-13-21/h4-17,20H,3,18-19H2,1-2H3. The summed E-state index contributed by atoms with van der Waals surface area (Å²) in [6.07, 6.45) is 0.768. The quantitative estimate of drug-likeness (QED) is 0.395. The van der Waals surface area contributed by atoms with Crippen LogP contribution in [0.1, 0.15) is 32.1 Å². The molecule has 6 heteroatoms. The fraction of sp³-hybridized carbons (Fsp3) is 0.222. The number of carbonyl (C=O) groups is 1. The topological polar surface area (TPSA) is 64.4 Å². The molecule has 0 aliphatic carbocycles. The van der Waals surface area contributed by atoms with Gasteiger partial charge in [-0.25, -0.2) is 4.98 Å². The third kappa shape index (κ3) is 4.80. The second kappa shape index (κ2) is 10.1. The molecule has 4 aromatic rings. The first kappa shape index (κ1) is 22.3. The van der Waals surface area contributed by atoms with Crippen molar-refractivity contribution in [3.8, 4) is 11.4 Å². The van der Waals surface area contributed by atoms with Crippen LogP contribution < -0.4 is 10.3 Å². The summed E-state index contributed by atoms with van der Waals surface area (Å²) >= 11 is 0. The van der Waals surface area contributed by atoms with Gasteiger partial charge in [0.1, 0.15) is 11.6 Å². The van der Waals surface area contributed by atoms with Gasteiger partial charge in [0.25, 0.3) is 11.5 Å². The number of hydrogen-bond acceptors (Lipinski definition) is 4. The Morgan fingerprint density at radius 2 is 1.61 bits per heavy atom. The number of benzene rings is 3. The molecule has 4 rings (SSSR count). The molecular formula is C27H27N3O3. The van der Waals surface area contributed by atoms with Gasteiger partial charge in [0.15, 0.2) is 6.61 Å². The van der Waals surface area contributed by atoms with Gasteiger partial charge in [-0.1, -0.05) is 55.5 Å². The second-order valence-electron chi connectivity index (χ2n) is 7.83. The predicted molar refractivity (Wildman–Crippen MR) is 130 cm³/mol. The van der Waals surface area contributed by atoms with Crippen molar-refractivity contribution in [1.82, 2.24) is 14.5 Å². The summed E-state index contributed by atoms with van der Waals surface area (Å²) in [5.41, 5.74) is 1.17. The van der Waals surface area contributed by atoms with E-state index >= 15 is 0 Å². The van der Waals surface area contributed by atoms with Crippen LogP contribution in [0.5, 0.6) is 5.75 Å². The fourth-order valence-electron chi connectivity index (χ4n) is 3.92. The molecule has 0 saturated carbocycles. The van der Waals surface area contributed by atoms with E-state index in [4.69, 9.17) is 9.72 Å². The highest BCUT2D eigenvalue weighted by molar-refractivity contribution is 5.79. The van der Waals surface area contributed by atoms with Crippen molar-refractivity contribution in [1.29, 1.82) is 0 Å². The van der Waals surface area contributed by atoms with Crippen LogP contribution in [0.2, 0.25) is 0 Å². The molecule has 1 unspecified atom stereocenters. The molecule has 1 aromatic heterocycles. The van der Waals surface area contributed by atoms with E-state index in [2.05, 4.69) is 0 Å². The number of fused-ring (bicyclic) bond motifs is 1. The van der Waals surface area contributed by atoms with Crippen LogP contribution >= 0.6 is 0 Å². The highest BCUT2D eigenvalue weighted by atomic mass is 16.5. The molecule has 0 saturated heterocycles. The average Bonchev–Trinajstić information content (AvgIpc) is 2.86. The molecule has 0 aliphatic rings. The molecule has 1 atom stereocenters. The maximum absolute atomic E-state index is 13.5. The number of hydrogen-bond donors (Lipinski definition) is 0. The van der Waals surface area contributed by atoms with Crippen LogP contribution in [0.3, 0.4) is 0 Å². The number of carbonyl (C=O) groups excluding carboxylic acids is 1. The van der Waals surface area contributed by atoms with Gasteiger partial charge in [0.05, 0.1) is 22.6 Å². The third-order valence-electron chi connectivity index (χ3n) is 5.55. The summed E-state index contributed by atoms with van der Waals surface area (Å²) in [5, 5.41) is 0.540. The molecule has 1 amide bonds. The Labute approximate surface area is 193 Å². The normalized spacial score (nSPS) is 11.8. The van der Waals surface area contributed by atoms with E-state index < -0.39 is 6.04 Å². The highest BCUT2D eigenvalue weighted by Gasteiger charge is 2.26. The van der Waals surface area contributed by atoms with Crippen LogP contribution in [0, 0.1) is 0 Å². The molecule has 0 bridgehead atoms. The van der Waals surface area contributed by atoms with E-state index in [0.717, 1.165) is 6.42 Å². The van der Waals surface area contributed by atoms with Crippen LogP contribution in [-0.2, 0) is 4.79 Å². The Morgan fingerprint density at radius 3 is 2.30 bits per heavy atom. The lowest BCUT2D eigenvalue weighted by Crippen LogP contribution is -2.40. The molecule has 0 radical (unpaired) electrons. The van der Waals surface area contributed by atoms with Crippen molar-refractivity contribution >= 4 is 16.8 Å². The lowest BCUT2D eigenvalue weighted by Gasteiger charge is -2.30. The average molecular weight is 442 g/mol. The Morgan fingerprint density at radius 1 is 0.970 bits per heavy atom. The summed E-state index contributed by atoms with van der Waals surface area (Å²) in [4.78, 5) is 33.3. The molecule has 6 nitrogen and oxygen atoms in total. The minimum absolute atomic E-state index is 0.0858. The van der Waals surface area contributed by atoms with Crippen molar-refractivity contribution in [3.63, 3.8) is 0 Å². The van der Waals surface area contributed by atoms with E-state index in [-0.39, 0.29) is 18.1 Å². The molecule has 0 fully saturated rings. The van der Waals surface area contributed by atoms with E-state index in [1.165, 1.54) is 0 Å². The Hall–Kier alpha value is -3.93. The van der Waals surface area contributed by atoms with E-state index in [1.807, 2.05) is 92.7 Å². The monoisotopic (exact) mass is 441 g/mol. The van der Waals surface area contributed by atoms with Crippen LogP contribution in [0.25, 0.3) is 16.6 Å². The summed E-state index contributed by atoms with van der Waals surface area (Å²) in [6.45, 7) is 4.36. The number of nitrogens with zero attached hydrogens (tertiary/aromatic N) is 3. The molecule has 0 spiro atoms. The molecule has 0 aliphatic heterocycles. The third-order valence-corrected chi connectivity index (χ3v) is 5.55. The van der Waals surface area contributed by atoms with Gasteiger partial charge in [-0.15, -0.1) is 0 Å². The van der Waals surface area contributed by atoms with Crippen molar-refractivity contribution in [3.05, 3.63) is 101 Å². The molecule has 33 heavy (non-hydrogen) atoms. The molecule has 168 valence electrons. The second-order valence-corrected chi connectivity index (χ2v) is 7.83. The number of amides is 1. The van der Waals surface area contributed by atoms with Gasteiger partial charge in [-0.2, -0.15) is 0 Å². The highest BCUT2D eigenvalue weighted by Crippen LogP contribution is 2.23. The van der Waals surface area contributed by atoms with Crippen LogP contribution in [-0.4, -0.2) is 33.5 Å². The molecule has 3 aromatic carbocycles. The predicted octanol–water partition coefficient (Wildman–Crippen LogP) is 4.76. The Kier molecular flexibility index (Phi) is 6.83. The largest absolute Gasteiger partial charge is 0.484 e. The summed E-state index contributed by atoms with van der Waals surface area (Å²) in [5.74, 6) is 1.00. The van der Waals surface area contributed by atoms with Crippen molar-refractivity contribution in [2.24, 2.45) is 0 Å². The van der Waals surface area contributed by atoms with Gasteiger partial charge < -0.3 is 9.64 Å². The first-order valence-corrected chi connectivity index (χ1v) is 11.1. The van der Waals surface area contributed by atoms with Crippen LogP contribution in [0.4, 0.5) is 0 Å². The Balaban J connectivity index is 1.75. The van der Waals surface area contributed by atoms with Crippen LogP contribution in [0.15, 0.2) is 89.7 Å². The van der Waals surface area contributed by atoms with Gasteiger partial charge in [0, 0.05) is 6.54 Å². The van der Waals surface area contributed by atoms with E-state index in [9.17, 15) is 9.59 Å². The maximum atomic E-state index is 13.5. The lowest BCUT2D eigenvalue weighted by molar-refractivity contribution is -0.135. The number of rotatable bonds is 8. The van der Waals surface area contributed by atoms with Crippen molar-refractivity contribution < 1.29 is 9.53 Å². The smallest absolute Gasteiger partial charge is 0.266 e. The molecule has 0 N–H and O–H groups in total. The number of aromatic nitrogens is 2. The van der Waals surface area contributed by atoms with Gasteiger partial charge in [0.2, 0.25) is 0 Å². The van der Waals surface area contributed by atoms with Gasteiger partial charge >= 0.3 is 0 Å². The maximum Gasteiger partial charge on any atom is 0.266 e. The zero-order chi connectivity index (χ0) is 23.2. The number of ether oxygens (including phenoxy) is 1. The summed E-state index contributed by atoms with van der Waals surface area (Å²) in [6, 6.07) is 25.5. The van der Waals surface area contributed by atoms with Crippen molar-refractivity contribution in [2.75, 3.05) is 13.2 Å². The molecule has 1 heterocycles. The fourth-order valence-corrected chi connectivity index (χ4v) is 3.92. The van der Waals surface area contributed by atoms with Crippen molar-refractivity contribution in [2.45, 2.75) is 26.3 Å². The van der Waals surface area contributed by atoms with Gasteiger partial charge in [-0.3, -0.25) is 14.2 Å². The zero-order valence-corrected chi connectivity index (χ0v) is 18.8. The SMILES string of the molecule is CCCN(C(=O)COc1ccccc1)C(C)c1nc2ccccc2c(=O)n1-c1ccccc1. The first-order valence-electron chi connectivity index (χ1n) is 11.1. The summed E-state index contributed by atoms with van der Waals surface area (Å²) in [7, 11) is 0. The lowest BCUT2D eigenvalue weighted by atomic mass is 10.1. The summed E-state index contributed by atoms with van der Waals surface area (Å²) < 4.78 is 7.32. The zero-order valence-electron chi connectivity index (χ0n) is 18.8. The minimum atomic E-state index is -0.436. The first-order chi connectivity index (χ1) is 16.1. The minimum Gasteiger partial charge on any atom is -0.484 e. The number of para-hydroxylation sites is 3. The van der Waals surface area contributed by atoms with Gasteiger partial charge in [-0.05, 0) is 49.7 Å². The molecular weight excluding hydrogens is 414 g/mol.